The summed E-state index contributed by atoms with van der Waals surface area (Å²) in [5, 5.41) is 2.37. The fourth-order valence-electron chi connectivity index (χ4n) is 2.42. The molecule has 2 N–H and O–H groups in total. The van der Waals surface area contributed by atoms with Crippen LogP contribution in [0.1, 0.15) is 0 Å². The number of morpholine rings is 1. The van der Waals surface area contributed by atoms with E-state index >= 15 is 0 Å². The van der Waals surface area contributed by atoms with E-state index in [2.05, 4.69) is 29.2 Å². The summed E-state index contributed by atoms with van der Waals surface area (Å²) in [7, 11) is 0. The SMILES string of the molecule is Nc1cccc2cccc(N3CCOCC3)c12. The molecule has 0 saturated carbocycles. The van der Waals surface area contributed by atoms with Gasteiger partial charge in [0.15, 0.2) is 0 Å². The number of rotatable bonds is 1. The van der Waals surface area contributed by atoms with Crippen molar-refractivity contribution in [2.45, 2.75) is 0 Å². The van der Waals surface area contributed by atoms with Crippen molar-refractivity contribution >= 4 is 22.1 Å². The third kappa shape index (κ3) is 1.83. The van der Waals surface area contributed by atoms with Gasteiger partial charge in [-0.2, -0.15) is 0 Å². The summed E-state index contributed by atoms with van der Waals surface area (Å²) in [6.07, 6.45) is 0. The zero-order valence-corrected chi connectivity index (χ0v) is 9.73. The number of benzene rings is 2. The van der Waals surface area contributed by atoms with E-state index in [0.717, 1.165) is 37.4 Å². The Morgan fingerprint density at radius 1 is 1.00 bits per heavy atom. The maximum absolute atomic E-state index is 6.11. The molecular weight excluding hydrogens is 212 g/mol. The molecule has 0 radical (unpaired) electrons. The summed E-state index contributed by atoms with van der Waals surface area (Å²) < 4.78 is 5.39. The fourth-order valence-corrected chi connectivity index (χ4v) is 2.42. The van der Waals surface area contributed by atoms with E-state index in [0.29, 0.717) is 0 Å². The first kappa shape index (κ1) is 10.4. The number of fused-ring (bicyclic) bond motifs is 1. The lowest BCUT2D eigenvalue weighted by atomic mass is 10.1. The fraction of sp³-hybridized carbons (Fsp3) is 0.286. The van der Waals surface area contributed by atoms with E-state index in [1.165, 1.54) is 11.1 Å². The first-order chi connectivity index (χ1) is 8.36. The molecule has 0 amide bonds. The first-order valence-electron chi connectivity index (χ1n) is 5.96. The normalized spacial score (nSPS) is 16.4. The standard InChI is InChI=1S/C14H16N2O/c15-12-5-1-3-11-4-2-6-13(14(11)12)16-7-9-17-10-8-16/h1-6H,7-10,15H2. The second kappa shape index (κ2) is 4.26. The van der Waals surface area contributed by atoms with Gasteiger partial charge < -0.3 is 15.4 Å². The van der Waals surface area contributed by atoms with Gasteiger partial charge in [0.2, 0.25) is 0 Å². The van der Waals surface area contributed by atoms with Crippen LogP contribution in [0.25, 0.3) is 10.8 Å². The molecule has 17 heavy (non-hydrogen) atoms. The molecule has 3 rings (SSSR count). The summed E-state index contributed by atoms with van der Waals surface area (Å²) in [6, 6.07) is 12.4. The van der Waals surface area contributed by atoms with Crippen molar-refractivity contribution in [2.75, 3.05) is 36.9 Å². The lowest BCUT2D eigenvalue weighted by molar-refractivity contribution is 0.123. The van der Waals surface area contributed by atoms with Gasteiger partial charge in [0, 0.05) is 29.9 Å². The van der Waals surface area contributed by atoms with Crippen LogP contribution in [0.3, 0.4) is 0 Å². The van der Waals surface area contributed by atoms with Crippen LogP contribution in [0.2, 0.25) is 0 Å². The van der Waals surface area contributed by atoms with Crippen LogP contribution in [0.15, 0.2) is 36.4 Å². The summed E-state index contributed by atoms with van der Waals surface area (Å²) in [6.45, 7) is 3.47. The van der Waals surface area contributed by atoms with Gasteiger partial charge in [-0.1, -0.05) is 24.3 Å². The van der Waals surface area contributed by atoms with Gasteiger partial charge in [-0.25, -0.2) is 0 Å². The van der Waals surface area contributed by atoms with Crippen molar-refractivity contribution in [1.82, 2.24) is 0 Å². The van der Waals surface area contributed by atoms with Crippen molar-refractivity contribution in [2.24, 2.45) is 0 Å². The Bertz CT molecular complexity index is 527. The minimum Gasteiger partial charge on any atom is -0.398 e. The lowest BCUT2D eigenvalue weighted by Gasteiger charge is -2.30. The molecule has 1 saturated heterocycles. The van der Waals surface area contributed by atoms with Gasteiger partial charge in [-0.3, -0.25) is 0 Å². The maximum atomic E-state index is 6.11. The number of nitrogens with two attached hydrogens (primary N) is 1. The summed E-state index contributed by atoms with van der Waals surface area (Å²) in [4.78, 5) is 2.35. The van der Waals surface area contributed by atoms with E-state index in [1.54, 1.807) is 0 Å². The number of ether oxygens (including phenoxy) is 1. The average molecular weight is 228 g/mol. The van der Waals surface area contributed by atoms with Gasteiger partial charge in [0.05, 0.1) is 13.2 Å². The Balaban J connectivity index is 2.14. The van der Waals surface area contributed by atoms with Crippen LogP contribution >= 0.6 is 0 Å². The predicted octanol–water partition coefficient (Wildman–Crippen LogP) is 2.26. The number of anilines is 2. The second-order valence-corrected chi connectivity index (χ2v) is 4.32. The van der Waals surface area contributed by atoms with Gasteiger partial charge in [-0.05, 0) is 17.5 Å². The molecule has 0 atom stereocenters. The van der Waals surface area contributed by atoms with Crippen molar-refractivity contribution < 1.29 is 4.74 Å². The van der Waals surface area contributed by atoms with Crippen molar-refractivity contribution in [1.29, 1.82) is 0 Å². The molecule has 2 aromatic carbocycles. The van der Waals surface area contributed by atoms with E-state index in [-0.39, 0.29) is 0 Å². The van der Waals surface area contributed by atoms with Gasteiger partial charge in [0.25, 0.3) is 0 Å². The van der Waals surface area contributed by atoms with Gasteiger partial charge >= 0.3 is 0 Å². The highest BCUT2D eigenvalue weighted by Crippen LogP contribution is 2.31. The zero-order valence-electron chi connectivity index (χ0n) is 9.73. The molecule has 0 aromatic heterocycles. The summed E-state index contributed by atoms with van der Waals surface area (Å²) in [5.41, 5.74) is 8.18. The molecule has 0 bridgehead atoms. The van der Waals surface area contributed by atoms with Crippen molar-refractivity contribution in [3.63, 3.8) is 0 Å². The smallest absolute Gasteiger partial charge is 0.0642 e. The minimum atomic E-state index is 0.795. The van der Waals surface area contributed by atoms with Gasteiger partial charge in [0.1, 0.15) is 0 Å². The Morgan fingerprint density at radius 3 is 2.47 bits per heavy atom. The number of hydrogen-bond acceptors (Lipinski definition) is 3. The van der Waals surface area contributed by atoms with Crippen LogP contribution in [0.5, 0.6) is 0 Å². The molecule has 3 nitrogen and oxygen atoms in total. The Labute approximate surface area is 101 Å². The molecule has 2 aromatic rings. The molecule has 88 valence electrons. The zero-order chi connectivity index (χ0) is 11.7. The maximum Gasteiger partial charge on any atom is 0.0642 e. The van der Waals surface area contributed by atoms with Crippen LogP contribution in [0.4, 0.5) is 11.4 Å². The molecule has 1 heterocycles. The second-order valence-electron chi connectivity index (χ2n) is 4.32. The van der Waals surface area contributed by atoms with Crippen LogP contribution in [-0.2, 0) is 4.74 Å². The molecule has 1 aliphatic heterocycles. The van der Waals surface area contributed by atoms with E-state index < -0.39 is 0 Å². The Morgan fingerprint density at radius 2 is 1.71 bits per heavy atom. The highest BCUT2D eigenvalue weighted by Gasteiger charge is 2.14. The summed E-state index contributed by atoms with van der Waals surface area (Å²) >= 11 is 0. The molecule has 0 spiro atoms. The van der Waals surface area contributed by atoms with Crippen LogP contribution in [-0.4, -0.2) is 26.3 Å². The predicted molar refractivity (Wildman–Crippen MR) is 71.4 cm³/mol. The number of hydrogen-bond donors (Lipinski definition) is 1. The Kier molecular flexibility index (Phi) is 2.61. The largest absolute Gasteiger partial charge is 0.398 e. The van der Waals surface area contributed by atoms with E-state index in [9.17, 15) is 0 Å². The average Bonchev–Trinajstić information content (AvgIpc) is 2.39. The molecular formula is C14H16N2O. The van der Waals surface area contributed by atoms with Crippen molar-refractivity contribution in [3.05, 3.63) is 36.4 Å². The molecule has 0 aliphatic carbocycles. The molecule has 3 heteroatoms. The first-order valence-corrected chi connectivity index (χ1v) is 5.96. The molecule has 1 fully saturated rings. The van der Waals surface area contributed by atoms with E-state index in [4.69, 9.17) is 10.5 Å². The highest BCUT2D eigenvalue weighted by atomic mass is 16.5. The highest BCUT2D eigenvalue weighted by molar-refractivity contribution is 6.02. The summed E-state index contributed by atoms with van der Waals surface area (Å²) in [5.74, 6) is 0. The molecule has 1 aliphatic rings. The van der Waals surface area contributed by atoms with Gasteiger partial charge in [-0.15, -0.1) is 0 Å². The quantitative estimate of drug-likeness (QED) is 0.761. The number of nitrogens with zero attached hydrogens (tertiary/aromatic N) is 1. The van der Waals surface area contributed by atoms with Crippen molar-refractivity contribution in [3.8, 4) is 0 Å². The third-order valence-electron chi connectivity index (χ3n) is 3.27. The third-order valence-corrected chi connectivity index (χ3v) is 3.27. The number of nitrogen functional groups attached to an aromatic ring is 1. The van der Waals surface area contributed by atoms with Crippen LogP contribution in [0, 0.1) is 0 Å². The minimum absolute atomic E-state index is 0.795. The Hall–Kier alpha value is -1.74. The monoisotopic (exact) mass is 228 g/mol. The topological polar surface area (TPSA) is 38.5 Å². The van der Waals surface area contributed by atoms with E-state index in [1.807, 2.05) is 12.1 Å². The lowest BCUT2D eigenvalue weighted by Crippen LogP contribution is -2.36. The van der Waals surface area contributed by atoms with Crippen LogP contribution < -0.4 is 10.6 Å². The molecule has 0 unspecified atom stereocenters.